The molecular formula is C16H27N3O. The summed E-state index contributed by atoms with van der Waals surface area (Å²) < 4.78 is 8.02. The Balaban J connectivity index is 1.76. The van der Waals surface area contributed by atoms with Crippen molar-refractivity contribution in [2.75, 3.05) is 19.8 Å². The van der Waals surface area contributed by atoms with Crippen molar-refractivity contribution in [2.24, 2.45) is 11.8 Å². The van der Waals surface area contributed by atoms with Gasteiger partial charge in [0.1, 0.15) is 5.82 Å². The Morgan fingerprint density at radius 1 is 1.45 bits per heavy atom. The second-order valence-corrected chi connectivity index (χ2v) is 6.62. The number of nitrogens with one attached hydrogen (secondary N) is 1. The maximum Gasteiger partial charge on any atom is 0.109 e. The molecule has 0 radical (unpaired) electrons. The van der Waals surface area contributed by atoms with Crippen LogP contribution in [0.2, 0.25) is 0 Å². The van der Waals surface area contributed by atoms with Crippen LogP contribution in [-0.2, 0) is 30.7 Å². The van der Waals surface area contributed by atoms with Gasteiger partial charge in [-0.3, -0.25) is 0 Å². The van der Waals surface area contributed by atoms with Crippen molar-refractivity contribution in [2.45, 2.75) is 52.6 Å². The van der Waals surface area contributed by atoms with Crippen LogP contribution in [0.25, 0.3) is 0 Å². The molecular weight excluding hydrogens is 250 g/mol. The molecule has 0 aliphatic carbocycles. The van der Waals surface area contributed by atoms with Gasteiger partial charge in [-0.05, 0) is 24.7 Å². The molecule has 0 bridgehead atoms. The lowest BCUT2D eigenvalue weighted by atomic mass is 10.0. The zero-order chi connectivity index (χ0) is 13.9. The minimum atomic E-state index is 0.667. The molecule has 1 aromatic rings. The summed E-state index contributed by atoms with van der Waals surface area (Å²) in [4.78, 5) is 4.91. The molecule has 1 saturated heterocycles. The number of ether oxygens (including phenoxy) is 1. The SMILES string of the molecule is CC(C)Cc1nc2c(n1CCC1CCOC1)CCNC2. The lowest BCUT2D eigenvalue weighted by Gasteiger charge is -2.18. The first-order valence-corrected chi connectivity index (χ1v) is 8.09. The minimum Gasteiger partial charge on any atom is -0.381 e. The Labute approximate surface area is 121 Å². The molecule has 1 fully saturated rings. The number of nitrogens with zero attached hydrogens (tertiary/aromatic N) is 2. The maximum absolute atomic E-state index is 5.50. The Kier molecular flexibility index (Phi) is 4.41. The molecule has 112 valence electrons. The highest BCUT2D eigenvalue weighted by atomic mass is 16.5. The Morgan fingerprint density at radius 3 is 3.10 bits per heavy atom. The molecule has 1 aromatic heterocycles. The van der Waals surface area contributed by atoms with E-state index in [2.05, 4.69) is 23.7 Å². The molecule has 2 aliphatic rings. The predicted molar refractivity (Wildman–Crippen MR) is 79.7 cm³/mol. The van der Waals surface area contributed by atoms with E-state index in [0.29, 0.717) is 5.92 Å². The third-order valence-electron chi connectivity index (χ3n) is 4.44. The van der Waals surface area contributed by atoms with Crippen LogP contribution in [0, 0.1) is 11.8 Å². The average Bonchev–Trinajstić information content (AvgIpc) is 3.03. The zero-order valence-electron chi connectivity index (χ0n) is 12.8. The molecule has 20 heavy (non-hydrogen) atoms. The number of fused-ring (bicyclic) bond motifs is 1. The van der Waals surface area contributed by atoms with Gasteiger partial charge in [0.25, 0.3) is 0 Å². The van der Waals surface area contributed by atoms with Gasteiger partial charge in [-0.2, -0.15) is 0 Å². The minimum absolute atomic E-state index is 0.667. The third kappa shape index (κ3) is 3.07. The Bertz CT molecular complexity index is 447. The van der Waals surface area contributed by atoms with Gasteiger partial charge in [0.15, 0.2) is 0 Å². The summed E-state index contributed by atoms with van der Waals surface area (Å²) in [6.07, 6.45) is 4.69. The van der Waals surface area contributed by atoms with Crippen LogP contribution in [0.4, 0.5) is 0 Å². The van der Waals surface area contributed by atoms with Gasteiger partial charge >= 0.3 is 0 Å². The maximum atomic E-state index is 5.50. The first kappa shape index (κ1) is 14.1. The van der Waals surface area contributed by atoms with E-state index in [4.69, 9.17) is 9.72 Å². The highest BCUT2D eigenvalue weighted by Crippen LogP contribution is 2.22. The largest absolute Gasteiger partial charge is 0.381 e. The van der Waals surface area contributed by atoms with Gasteiger partial charge in [0.05, 0.1) is 5.69 Å². The smallest absolute Gasteiger partial charge is 0.109 e. The molecule has 3 rings (SSSR count). The number of rotatable bonds is 5. The van der Waals surface area contributed by atoms with E-state index < -0.39 is 0 Å². The topological polar surface area (TPSA) is 39.1 Å². The van der Waals surface area contributed by atoms with Gasteiger partial charge in [-0.15, -0.1) is 0 Å². The molecule has 1 atom stereocenters. The van der Waals surface area contributed by atoms with Crippen LogP contribution in [0.5, 0.6) is 0 Å². The highest BCUT2D eigenvalue weighted by Gasteiger charge is 2.22. The zero-order valence-corrected chi connectivity index (χ0v) is 12.8. The van der Waals surface area contributed by atoms with Gasteiger partial charge in [-0.1, -0.05) is 13.8 Å². The normalized spacial score (nSPS) is 22.4. The fourth-order valence-corrected chi connectivity index (χ4v) is 3.33. The van der Waals surface area contributed by atoms with E-state index in [-0.39, 0.29) is 0 Å². The van der Waals surface area contributed by atoms with Crippen LogP contribution >= 0.6 is 0 Å². The third-order valence-corrected chi connectivity index (χ3v) is 4.44. The van der Waals surface area contributed by atoms with E-state index in [1.165, 1.54) is 30.1 Å². The van der Waals surface area contributed by atoms with Crippen LogP contribution < -0.4 is 5.32 Å². The number of aromatic nitrogens is 2. The van der Waals surface area contributed by atoms with Crippen molar-refractivity contribution < 1.29 is 4.74 Å². The molecule has 0 spiro atoms. The van der Waals surface area contributed by atoms with Gasteiger partial charge in [-0.25, -0.2) is 4.98 Å². The highest BCUT2D eigenvalue weighted by molar-refractivity contribution is 5.20. The van der Waals surface area contributed by atoms with Crippen LogP contribution in [0.15, 0.2) is 0 Å². The number of hydrogen-bond donors (Lipinski definition) is 1. The molecule has 4 heteroatoms. The molecule has 1 unspecified atom stereocenters. The summed E-state index contributed by atoms with van der Waals surface area (Å²) in [5.41, 5.74) is 2.77. The monoisotopic (exact) mass is 277 g/mol. The molecule has 0 saturated carbocycles. The Morgan fingerprint density at radius 2 is 2.35 bits per heavy atom. The summed E-state index contributed by atoms with van der Waals surface area (Å²) in [6.45, 7) is 9.63. The average molecular weight is 277 g/mol. The van der Waals surface area contributed by atoms with Crippen molar-refractivity contribution >= 4 is 0 Å². The fourth-order valence-electron chi connectivity index (χ4n) is 3.33. The van der Waals surface area contributed by atoms with E-state index >= 15 is 0 Å². The van der Waals surface area contributed by atoms with Crippen LogP contribution in [0.3, 0.4) is 0 Å². The first-order valence-electron chi connectivity index (χ1n) is 8.09. The number of imidazole rings is 1. The van der Waals surface area contributed by atoms with E-state index in [9.17, 15) is 0 Å². The van der Waals surface area contributed by atoms with Crippen molar-refractivity contribution in [3.05, 3.63) is 17.2 Å². The predicted octanol–water partition coefficient (Wildman–Crippen LogP) is 2.15. The van der Waals surface area contributed by atoms with Gasteiger partial charge in [0.2, 0.25) is 0 Å². The van der Waals surface area contributed by atoms with E-state index in [0.717, 1.165) is 51.6 Å². The van der Waals surface area contributed by atoms with Crippen LogP contribution in [-0.4, -0.2) is 29.3 Å². The summed E-state index contributed by atoms with van der Waals surface area (Å²) in [5, 5.41) is 3.44. The standard InChI is InChI=1S/C16H27N3O/c1-12(2)9-16-18-14-10-17-6-3-15(14)19(16)7-4-13-5-8-20-11-13/h12-13,17H,3-11H2,1-2H3. The first-order chi connectivity index (χ1) is 9.74. The second-order valence-electron chi connectivity index (χ2n) is 6.62. The van der Waals surface area contributed by atoms with Gasteiger partial charge in [0, 0.05) is 51.4 Å². The lowest BCUT2D eigenvalue weighted by molar-refractivity contribution is 0.183. The molecule has 1 N–H and O–H groups in total. The van der Waals surface area contributed by atoms with Crippen molar-refractivity contribution in [3.8, 4) is 0 Å². The Hall–Kier alpha value is -0.870. The molecule has 3 heterocycles. The molecule has 2 aliphatic heterocycles. The van der Waals surface area contributed by atoms with Crippen molar-refractivity contribution in [1.29, 1.82) is 0 Å². The second kappa shape index (κ2) is 6.27. The molecule has 0 aromatic carbocycles. The van der Waals surface area contributed by atoms with Crippen molar-refractivity contribution in [3.63, 3.8) is 0 Å². The summed E-state index contributed by atoms with van der Waals surface area (Å²) >= 11 is 0. The van der Waals surface area contributed by atoms with E-state index in [1.807, 2.05) is 0 Å². The van der Waals surface area contributed by atoms with E-state index in [1.54, 1.807) is 0 Å². The lowest BCUT2D eigenvalue weighted by Crippen LogP contribution is -2.25. The van der Waals surface area contributed by atoms with Crippen molar-refractivity contribution in [1.82, 2.24) is 14.9 Å². The number of hydrogen-bond acceptors (Lipinski definition) is 3. The van der Waals surface area contributed by atoms with Gasteiger partial charge < -0.3 is 14.6 Å². The quantitative estimate of drug-likeness (QED) is 0.896. The molecule has 4 nitrogen and oxygen atoms in total. The summed E-state index contributed by atoms with van der Waals surface area (Å²) in [5.74, 6) is 2.72. The fraction of sp³-hybridized carbons (Fsp3) is 0.812. The van der Waals surface area contributed by atoms with Crippen LogP contribution in [0.1, 0.15) is 43.9 Å². The summed E-state index contributed by atoms with van der Waals surface area (Å²) in [7, 11) is 0. The summed E-state index contributed by atoms with van der Waals surface area (Å²) in [6, 6.07) is 0. The molecule has 0 amide bonds.